The molecule has 3 nitrogen and oxygen atoms in total. The fourth-order valence-corrected chi connectivity index (χ4v) is 2.18. The van der Waals surface area contributed by atoms with Gasteiger partial charge in [0.25, 0.3) is 0 Å². The summed E-state index contributed by atoms with van der Waals surface area (Å²) in [6.07, 6.45) is 0.886. The van der Waals surface area contributed by atoms with E-state index in [1.807, 2.05) is 18.2 Å². The van der Waals surface area contributed by atoms with Gasteiger partial charge < -0.3 is 14.8 Å². The molecule has 0 radical (unpaired) electrons. The van der Waals surface area contributed by atoms with Crippen LogP contribution in [0.25, 0.3) is 0 Å². The van der Waals surface area contributed by atoms with E-state index < -0.39 is 0 Å². The number of halogens is 2. The average molecular weight is 337 g/mol. The van der Waals surface area contributed by atoms with Crippen LogP contribution in [-0.2, 0) is 11.3 Å². The second kappa shape index (κ2) is 8.75. The maximum absolute atomic E-state index is 6.05. The van der Waals surface area contributed by atoms with Crippen LogP contribution in [0.4, 0.5) is 0 Å². The Morgan fingerprint density at radius 2 is 2.17 bits per heavy atom. The highest BCUT2D eigenvalue weighted by molar-refractivity contribution is 9.10. The summed E-state index contributed by atoms with van der Waals surface area (Å²) in [6.45, 7) is 2.24. The zero-order valence-electron chi connectivity index (χ0n) is 10.7. The number of methoxy groups -OCH3 is 2. The molecule has 0 saturated heterocycles. The Hall–Kier alpha value is -0.290. The molecule has 0 saturated carbocycles. The van der Waals surface area contributed by atoms with Gasteiger partial charge in [0.2, 0.25) is 0 Å². The van der Waals surface area contributed by atoms with E-state index in [4.69, 9.17) is 21.1 Å². The molecular weight excluding hydrogens is 318 g/mol. The molecule has 0 heterocycles. The molecule has 1 rings (SSSR count). The fraction of sp³-hybridized carbons (Fsp3) is 0.538. The van der Waals surface area contributed by atoms with Crippen molar-refractivity contribution in [2.45, 2.75) is 18.3 Å². The van der Waals surface area contributed by atoms with Gasteiger partial charge in [0.15, 0.2) is 0 Å². The molecule has 0 aromatic heterocycles. The minimum Gasteiger partial charge on any atom is -0.497 e. The van der Waals surface area contributed by atoms with Crippen molar-refractivity contribution in [1.82, 2.24) is 5.32 Å². The molecule has 0 aliphatic heterocycles. The quantitative estimate of drug-likeness (QED) is 0.584. The first-order valence-electron chi connectivity index (χ1n) is 5.83. The Kier molecular flexibility index (Phi) is 7.66. The van der Waals surface area contributed by atoms with Gasteiger partial charge >= 0.3 is 0 Å². The molecule has 1 atom stereocenters. The Labute approximate surface area is 122 Å². The molecule has 1 aromatic rings. The number of nitrogens with one attached hydrogen (secondary N) is 1. The summed E-state index contributed by atoms with van der Waals surface area (Å²) in [7, 11) is 3.33. The van der Waals surface area contributed by atoms with E-state index in [1.165, 1.54) is 5.56 Å². The normalized spacial score (nSPS) is 12.4. The summed E-state index contributed by atoms with van der Waals surface area (Å²) in [6, 6.07) is 5.94. The van der Waals surface area contributed by atoms with Gasteiger partial charge in [0, 0.05) is 18.1 Å². The van der Waals surface area contributed by atoms with Crippen molar-refractivity contribution in [2.24, 2.45) is 0 Å². The van der Waals surface area contributed by atoms with Crippen LogP contribution in [0.1, 0.15) is 12.0 Å². The van der Waals surface area contributed by atoms with Gasteiger partial charge in [0.1, 0.15) is 5.75 Å². The van der Waals surface area contributed by atoms with Crippen molar-refractivity contribution in [3.8, 4) is 5.75 Å². The summed E-state index contributed by atoms with van der Waals surface area (Å²) in [4.78, 5) is 0. The van der Waals surface area contributed by atoms with Crippen LogP contribution in [0.3, 0.4) is 0 Å². The van der Waals surface area contributed by atoms with Crippen molar-refractivity contribution in [3.05, 3.63) is 28.2 Å². The van der Waals surface area contributed by atoms with Crippen molar-refractivity contribution < 1.29 is 9.47 Å². The van der Waals surface area contributed by atoms with Crippen molar-refractivity contribution in [3.63, 3.8) is 0 Å². The minimum atomic E-state index is 0.0660. The van der Waals surface area contributed by atoms with Crippen molar-refractivity contribution in [2.75, 3.05) is 27.4 Å². The number of ether oxygens (including phenoxy) is 2. The third-order valence-corrected chi connectivity index (χ3v) is 3.67. The summed E-state index contributed by atoms with van der Waals surface area (Å²) < 4.78 is 11.3. The van der Waals surface area contributed by atoms with Crippen LogP contribution in [0.5, 0.6) is 5.75 Å². The first kappa shape index (κ1) is 15.8. The van der Waals surface area contributed by atoms with E-state index in [-0.39, 0.29) is 5.38 Å². The van der Waals surface area contributed by atoms with Gasteiger partial charge in [-0.15, -0.1) is 11.6 Å². The predicted octanol–water partition coefficient (Wildman–Crippen LogP) is 3.19. The Bertz CT molecular complexity index is 363. The van der Waals surface area contributed by atoms with Gasteiger partial charge in [0.05, 0.1) is 19.1 Å². The first-order chi connectivity index (χ1) is 8.67. The van der Waals surface area contributed by atoms with E-state index in [9.17, 15) is 0 Å². The molecule has 0 aliphatic carbocycles. The van der Waals surface area contributed by atoms with Gasteiger partial charge in [-0.1, -0.05) is 15.9 Å². The number of benzene rings is 1. The molecule has 102 valence electrons. The molecule has 0 bridgehead atoms. The van der Waals surface area contributed by atoms with Gasteiger partial charge in [-0.25, -0.2) is 0 Å². The molecule has 1 aromatic carbocycles. The second-order valence-corrected chi connectivity index (χ2v) is 5.45. The lowest BCUT2D eigenvalue weighted by molar-refractivity contribution is 0.195. The van der Waals surface area contributed by atoms with Crippen molar-refractivity contribution >= 4 is 27.5 Å². The van der Waals surface area contributed by atoms with E-state index in [1.54, 1.807) is 14.2 Å². The highest BCUT2D eigenvalue weighted by atomic mass is 79.9. The van der Waals surface area contributed by atoms with Crippen LogP contribution < -0.4 is 10.1 Å². The Morgan fingerprint density at radius 1 is 1.39 bits per heavy atom. The zero-order chi connectivity index (χ0) is 13.4. The lowest BCUT2D eigenvalue weighted by Crippen LogP contribution is -2.20. The summed E-state index contributed by atoms with van der Waals surface area (Å²) in [5, 5.41) is 3.42. The number of rotatable bonds is 8. The van der Waals surface area contributed by atoms with Crippen LogP contribution >= 0.6 is 27.5 Å². The van der Waals surface area contributed by atoms with Gasteiger partial charge in [-0.2, -0.15) is 0 Å². The zero-order valence-corrected chi connectivity index (χ0v) is 13.1. The predicted molar refractivity (Wildman–Crippen MR) is 78.5 cm³/mol. The molecule has 0 amide bonds. The summed E-state index contributed by atoms with van der Waals surface area (Å²) in [5.41, 5.74) is 1.17. The van der Waals surface area contributed by atoms with Crippen LogP contribution in [0, 0.1) is 0 Å². The maximum atomic E-state index is 6.05. The van der Waals surface area contributed by atoms with Crippen LogP contribution in [-0.4, -0.2) is 32.7 Å². The third kappa shape index (κ3) is 5.57. The maximum Gasteiger partial charge on any atom is 0.119 e. The molecule has 1 unspecified atom stereocenters. The number of hydrogen-bond donors (Lipinski definition) is 1. The SMILES string of the molecule is COCC(Cl)CCNCc1cc(OC)ccc1Br. The Balaban J connectivity index is 2.34. The lowest BCUT2D eigenvalue weighted by Gasteiger charge is -2.11. The first-order valence-corrected chi connectivity index (χ1v) is 7.06. The summed E-state index contributed by atoms with van der Waals surface area (Å²) >= 11 is 9.57. The third-order valence-electron chi connectivity index (χ3n) is 2.55. The van der Waals surface area contributed by atoms with Gasteiger partial charge in [-0.3, -0.25) is 0 Å². The van der Waals surface area contributed by atoms with E-state index in [0.717, 1.165) is 29.7 Å². The average Bonchev–Trinajstić information content (AvgIpc) is 2.37. The van der Waals surface area contributed by atoms with E-state index in [2.05, 4.69) is 21.2 Å². The fourth-order valence-electron chi connectivity index (χ4n) is 1.56. The highest BCUT2D eigenvalue weighted by Crippen LogP contribution is 2.22. The number of alkyl halides is 1. The largest absolute Gasteiger partial charge is 0.497 e. The molecule has 0 fully saturated rings. The highest BCUT2D eigenvalue weighted by Gasteiger charge is 2.05. The summed E-state index contributed by atoms with van der Waals surface area (Å²) in [5.74, 6) is 0.865. The smallest absolute Gasteiger partial charge is 0.119 e. The lowest BCUT2D eigenvalue weighted by atomic mass is 10.2. The second-order valence-electron chi connectivity index (χ2n) is 3.98. The minimum absolute atomic E-state index is 0.0660. The van der Waals surface area contributed by atoms with Crippen LogP contribution in [0.2, 0.25) is 0 Å². The van der Waals surface area contributed by atoms with Gasteiger partial charge in [-0.05, 0) is 36.7 Å². The van der Waals surface area contributed by atoms with E-state index in [0.29, 0.717) is 6.61 Å². The Morgan fingerprint density at radius 3 is 2.83 bits per heavy atom. The monoisotopic (exact) mass is 335 g/mol. The van der Waals surface area contributed by atoms with Crippen molar-refractivity contribution in [1.29, 1.82) is 0 Å². The topological polar surface area (TPSA) is 30.5 Å². The van der Waals surface area contributed by atoms with E-state index >= 15 is 0 Å². The molecule has 18 heavy (non-hydrogen) atoms. The number of hydrogen-bond acceptors (Lipinski definition) is 3. The molecule has 1 N–H and O–H groups in total. The molecule has 0 aliphatic rings. The van der Waals surface area contributed by atoms with Crippen LogP contribution in [0.15, 0.2) is 22.7 Å². The standard InChI is InChI=1S/C13H19BrClNO2/c1-17-9-11(15)5-6-16-8-10-7-12(18-2)3-4-13(10)14/h3-4,7,11,16H,5-6,8-9H2,1-2H3. The molecular formula is C13H19BrClNO2. The molecule has 0 spiro atoms. The molecule has 5 heteroatoms.